The first-order valence-electron chi connectivity index (χ1n) is 5.95. The highest BCUT2D eigenvalue weighted by atomic mass is 19.1. The minimum absolute atomic E-state index is 0.0928. The van der Waals surface area contributed by atoms with E-state index in [1.54, 1.807) is 0 Å². The number of halogens is 1. The summed E-state index contributed by atoms with van der Waals surface area (Å²) in [6.45, 7) is 8.85. The van der Waals surface area contributed by atoms with Gasteiger partial charge in [-0.15, -0.1) is 0 Å². The third kappa shape index (κ3) is 2.91. The van der Waals surface area contributed by atoms with Crippen molar-refractivity contribution in [2.75, 3.05) is 13.2 Å². The van der Waals surface area contributed by atoms with Crippen molar-refractivity contribution in [3.8, 4) is 0 Å². The molecule has 1 radical (unpaired) electrons. The molecule has 0 aromatic heterocycles. The van der Waals surface area contributed by atoms with Gasteiger partial charge in [0.1, 0.15) is 6.17 Å². The molecule has 1 aliphatic heterocycles. The quantitative estimate of drug-likeness (QED) is 0.711. The number of hydrogen-bond donors (Lipinski definition) is 0. The maximum atomic E-state index is 13.8. The molecule has 2 nitrogen and oxygen atoms in total. The summed E-state index contributed by atoms with van der Waals surface area (Å²) in [5, 5.41) is 11.0. The molecule has 1 aliphatic rings. The van der Waals surface area contributed by atoms with Gasteiger partial charge >= 0.3 is 0 Å². The normalized spacial score (nSPS) is 34.0. The van der Waals surface area contributed by atoms with E-state index in [0.29, 0.717) is 18.4 Å². The van der Waals surface area contributed by atoms with Crippen LogP contribution in [0.15, 0.2) is 0 Å². The second-order valence-corrected chi connectivity index (χ2v) is 5.27. The first-order valence-corrected chi connectivity index (χ1v) is 5.95. The zero-order chi connectivity index (χ0) is 11.6. The number of alkyl halides is 1. The van der Waals surface area contributed by atoms with Gasteiger partial charge in [-0.25, -0.2) is 9.50 Å². The van der Waals surface area contributed by atoms with E-state index in [1.807, 2.05) is 0 Å². The minimum Gasteiger partial charge on any atom is -0.295 e. The van der Waals surface area contributed by atoms with E-state index < -0.39 is 6.17 Å². The van der Waals surface area contributed by atoms with Crippen LogP contribution in [0.4, 0.5) is 4.39 Å². The number of likely N-dealkylation sites (tertiary alicyclic amines) is 1. The van der Waals surface area contributed by atoms with Gasteiger partial charge in [-0.05, 0) is 26.2 Å². The highest BCUT2D eigenvalue weighted by Gasteiger charge is 2.37. The second-order valence-electron chi connectivity index (χ2n) is 5.27. The molecular weight excluding hydrogens is 193 g/mol. The van der Waals surface area contributed by atoms with Crippen molar-refractivity contribution in [1.29, 1.82) is 0 Å². The predicted octanol–water partition coefficient (Wildman–Crippen LogP) is 2.51. The van der Waals surface area contributed by atoms with Crippen LogP contribution in [0.25, 0.3) is 0 Å². The van der Waals surface area contributed by atoms with Crippen molar-refractivity contribution >= 4 is 0 Å². The second kappa shape index (κ2) is 5.26. The van der Waals surface area contributed by atoms with E-state index in [1.165, 1.54) is 0 Å². The molecule has 1 fully saturated rings. The number of rotatable bonds is 3. The van der Waals surface area contributed by atoms with E-state index in [-0.39, 0.29) is 18.6 Å². The molecule has 1 rings (SSSR count). The predicted molar refractivity (Wildman–Crippen MR) is 59.0 cm³/mol. The summed E-state index contributed by atoms with van der Waals surface area (Å²) in [7, 11) is 0. The molecular formula is C12H23FNO. The number of piperidine rings is 1. The standard InChI is InChI=1S/C12H23FNO/c1-8(2)11-6-14(9(3)4)10(7-15)5-12(11)13/h8-12H,5-7H2,1-4H3. The molecule has 3 atom stereocenters. The Kier molecular flexibility index (Phi) is 4.53. The van der Waals surface area contributed by atoms with E-state index >= 15 is 0 Å². The van der Waals surface area contributed by atoms with Gasteiger partial charge in [0.15, 0.2) is 0 Å². The summed E-state index contributed by atoms with van der Waals surface area (Å²) in [6, 6.07) is 0.243. The average molecular weight is 216 g/mol. The van der Waals surface area contributed by atoms with Gasteiger partial charge in [0, 0.05) is 24.5 Å². The van der Waals surface area contributed by atoms with Crippen LogP contribution >= 0.6 is 0 Å². The van der Waals surface area contributed by atoms with Gasteiger partial charge in [-0.3, -0.25) is 4.90 Å². The van der Waals surface area contributed by atoms with Crippen LogP contribution in [-0.2, 0) is 5.11 Å². The first kappa shape index (κ1) is 12.9. The molecule has 0 amide bonds. The van der Waals surface area contributed by atoms with Gasteiger partial charge in [-0.2, -0.15) is 0 Å². The Morgan fingerprint density at radius 1 is 1.33 bits per heavy atom. The Labute approximate surface area is 92.5 Å². The van der Waals surface area contributed by atoms with Crippen LogP contribution in [0.3, 0.4) is 0 Å². The molecule has 0 saturated carbocycles. The van der Waals surface area contributed by atoms with E-state index in [2.05, 4.69) is 32.6 Å². The number of hydrogen-bond acceptors (Lipinski definition) is 1. The van der Waals surface area contributed by atoms with Gasteiger partial charge in [0.05, 0.1) is 6.61 Å². The smallest absolute Gasteiger partial charge is 0.106 e. The Morgan fingerprint density at radius 2 is 1.93 bits per heavy atom. The number of nitrogens with zero attached hydrogens (tertiary/aromatic N) is 1. The van der Waals surface area contributed by atoms with Crippen LogP contribution in [0.1, 0.15) is 34.1 Å². The fourth-order valence-electron chi connectivity index (χ4n) is 2.50. The Morgan fingerprint density at radius 3 is 2.33 bits per heavy atom. The van der Waals surface area contributed by atoms with Crippen molar-refractivity contribution in [2.45, 2.75) is 52.4 Å². The molecule has 15 heavy (non-hydrogen) atoms. The third-order valence-corrected chi connectivity index (χ3v) is 3.56. The highest BCUT2D eigenvalue weighted by Crippen LogP contribution is 2.31. The zero-order valence-electron chi connectivity index (χ0n) is 10.2. The fraction of sp³-hybridized carbons (Fsp3) is 1.00. The summed E-state index contributed by atoms with van der Waals surface area (Å²) in [4.78, 5) is 2.17. The van der Waals surface area contributed by atoms with Crippen molar-refractivity contribution in [3.05, 3.63) is 0 Å². The van der Waals surface area contributed by atoms with Crippen LogP contribution in [0, 0.1) is 11.8 Å². The average Bonchev–Trinajstić information content (AvgIpc) is 2.16. The van der Waals surface area contributed by atoms with Gasteiger partial charge in [0.2, 0.25) is 0 Å². The SMILES string of the molecule is CC(C)C1CN(C(C)C)C(C[O])CC1F. The van der Waals surface area contributed by atoms with Gasteiger partial charge < -0.3 is 0 Å². The van der Waals surface area contributed by atoms with Gasteiger partial charge in [-0.1, -0.05) is 13.8 Å². The van der Waals surface area contributed by atoms with Crippen LogP contribution < -0.4 is 0 Å². The maximum Gasteiger partial charge on any atom is 0.106 e. The Balaban J connectivity index is 2.70. The lowest BCUT2D eigenvalue weighted by Gasteiger charge is -2.44. The van der Waals surface area contributed by atoms with E-state index in [4.69, 9.17) is 0 Å². The van der Waals surface area contributed by atoms with Crippen molar-refractivity contribution in [3.63, 3.8) is 0 Å². The van der Waals surface area contributed by atoms with Crippen LogP contribution in [0.5, 0.6) is 0 Å². The molecule has 0 spiro atoms. The largest absolute Gasteiger partial charge is 0.295 e. The van der Waals surface area contributed by atoms with Crippen molar-refractivity contribution in [1.82, 2.24) is 4.90 Å². The molecule has 0 N–H and O–H groups in total. The molecule has 3 heteroatoms. The maximum absolute atomic E-state index is 13.8. The molecule has 3 unspecified atom stereocenters. The Bertz CT molecular complexity index is 196. The molecule has 0 aliphatic carbocycles. The summed E-state index contributed by atoms with van der Waals surface area (Å²) in [5.74, 6) is 0.448. The molecule has 1 saturated heterocycles. The molecule has 0 aromatic rings. The lowest BCUT2D eigenvalue weighted by molar-refractivity contribution is -0.0299. The first-order chi connectivity index (χ1) is 6.97. The molecule has 0 aromatic carbocycles. The summed E-state index contributed by atoms with van der Waals surface area (Å²) in [6.07, 6.45) is -0.371. The van der Waals surface area contributed by atoms with Crippen LogP contribution in [0.2, 0.25) is 0 Å². The lowest BCUT2D eigenvalue weighted by Crippen LogP contribution is -2.53. The Hall–Kier alpha value is -0.150. The monoisotopic (exact) mass is 216 g/mol. The summed E-state index contributed by atoms with van der Waals surface area (Å²) in [5.41, 5.74) is 0. The molecule has 1 heterocycles. The lowest BCUT2D eigenvalue weighted by atomic mass is 9.83. The third-order valence-electron chi connectivity index (χ3n) is 3.56. The minimum atomic E-state index is -0.793. The van der Waals surface area contributed by atoms with Crippen LogP contribution in [-0.4, -0.2) is 36.3 Å². The summed E-state index contributed by atoms with van der Waals surface area (Å²) >= 11 is 0. The van der Waals surface area contributed by atoms with Crippen molar-refractivity contribution < 1.29 is 9.50 Å². The summed E-state index contributed by atoms with van der Waals surface area (Å²) < 4.78 is 13.8. The van der Waals surface area contributed by atoms with E-state index in [9.17, 15) is 9.50 Å². The highest BCUT2D eigenvalue weighted by molar-refractivity contribution is 4.89. The fourth-order valence-corrected chi connectivity index (χ4v) is 2.50. The zero-order valence-corrected chi connectivity index (χ0v) is 10.2. The topological polar surface area (TPSA) is 23.1 Å². The van der Waals surface area contributed by atoms with Crippen molar-refractivity contribution in [2.24, 2.45) is 11.8 Å². The van der Waals surface area contributed by atoms with E-state index in [0.717, 1.165) is 6.54 Å². The molecule has 0 bridgehead atoms. The van der Waals surface area contributed by atoms with Gasteiger partial charge in [0.25, 0.3) is 0 Å². The molecule has 89 valence electrons.